The van der Waals surface area contributed by atoms with E-state index in [1.54, 1.807) is 0 Å². The van der Waals surface area contributed by atoms with Gasteiger partial charge in [-0.3, -0.25) is 0 Å². The molecule has 3 aliphatic heterocycles. The highest BCUT2D eigenvalue weighted by molar-refractivity contribution is 5.78. The van der Waals surface area contributed by atoms with E-state index < -0.39 is 43.0 Å². The van der Waals surface area contributed by atoms with Crippen molar-refractivity contribution >= 4 is 5.97 Å². The second-order valence-electron chi connectivity index (χ2n) is 6.55. The van der Waals surface area contributed by atoms with E-state index in [1.807, 2.05) is 60.7 Å². The molecule has 2 aromatic rings. The van der Waals surface area contributed by atoms with E-state index in [-0.39, 0.29) is 6.61 Å². The maximum absolute atomic E-state index is 12.4. The molecule has 0 radical (unpaired) electrons. The van der Waals surface area contributed by atoms with Crippen molar-refractivity contribution in [3.05, 3.63) is 71.8 Å². The van der Waals surface area contributed by atoms with Gasteiger partial charge in [0.15, 0.2) is 24.8 Å². The molecule has 4 bridgehead atoms. The maximum atomic E-state index is 12.4. The fraction of sp³-hybridized carbons (Fsp3) is 0.350. The predicted octanol–water partition coefficient (Wildman–Crippen LogP) is 2.51. The fourth-order valence-corrected chi connectivity index (χ4v) is 3.60. The molecular formula is C20H18O6. The zero-order chi connectivity index (χ0) is 17.5. The Hall–Kier alpha value is -2.25. The predicted molar refractivity (Wildman–Crippen MR) is 88.8 cm³/mol. The quantitative estimate of drug-likeness (QED) is 0.772. The molecule has 0 aliphatic carbocycles. The second kappa shape index (κ2) is 6.48. The third kappa shape index (κ3) is 2.71. The Morgan fingerprint density at radius 2 is 1.38 bits per heavy atom. The number of carbonyl (C=O) groups excluding carboxylic acids is 1. The van der Waals surface area contributed by atoms with Gasteiger partial charge < -0.3 is 23.7 Å². The van der Waals surface area contributed by atoms with Crippen molar-refractivity contribution in [3.63, 3.8) is 0 Å². The molecule has 3 heterocycles. The van der Waals surface area contributed by atoms with Gasteiger partial charge in [-0.15, -0.1) is 0 Å². The fourth-order valence-electron chi connectivity index (χ4n) is 3.60. The molecule has 2 unspecified atom stereocenters. The average molecular weight is 354 g/mol. The summed E-state index contributed by atoms with van der Waals surface area (Å²) in [4.78, 5) is 12.4. The summed E-state index contributed by atoms with van der Waals surface area (Å²) in [5, 5.41) is 0. The molecule has 3 aliphatic rings. The molecule has 3 saturated heterocycles. The van der Waals surface area contributed by atoms with Gasteiger partial charge in [-0.2, -0.15) is 0 Å². The molecule has 0 N–H and O–H groups in total. The van der Waals surface area contributed by atoms with Crippen molar-refractivity contribution < 1.29 is 28.5 Å². The lowest BCUT2D eigenvalue weighted by Crippen LogP contribution is -2.52. The van der Waals surface area contributed by atoms with Crippen molar-refractivity contribution in [2.45, 2.75) is 37.0 Å². The summed E-state index contributed by atoms with van der Waals surface area (Å²) >= 11 is 0. The van der Waals surface area contributed by atoms with E-state index in [0.717, 1.165) is 11.1 Å². The van der Waals surface area contributed by atoms with Crippen LogP contribution in [0, 0.1) is 0 Å². The summed E-state index contributed by atoms with van der Waals surface area (Å²) in [5.41, 5.74) is 1.72. The second-order valence-corrected chi connectivity index (χ2v) is 6.55. The number of hydrogen-bond donors (Lipinski definition) is 0. The number of esters is 1. The van der Waals surface area contributed by atoms with Gasteiger partial charge in [0.2, 0.25) is 0 Å². The van der Waals surface area contributed by atoms with E-state index in [4.69, 9.17) is 23.7 Å². The van der Waals surface area contributed by atoms with Crippen LogP contribution in [0.2, 0.25) is 0 Å². The zero-order valence-corrected chi connectivity index (χ0v) is 13.9. The van der Waals surface area contributed by atoms with Crippen LogP contribution in [-0.4, -0.2) is 37.0 Å². The van der Waals surface area contributed by atoms with Crippen LogP contribution in [0.15, 0.2) is 60.7 Å². The standard InChI is InChI=1S/C20H18O6/c21-18-17-16-15(24-18)14(23-20(25-16)13-9-5-2-6-10-13)11-22-19(26-17)12-7-3-1-4-8-12/h1-10,14-17,19-20H,11H2/t14-,15+,16-,17-,19?,20?/m0/s1. The number of carbonyl (C=O) groups is 1. The van der Waals surface area contributed by atoms with Crippen LogP contribution in [-0.2, 0) is 28.5 Å². The highest BCUT2D eigenvalue weighted by Gasteiger charge is 2.57. The van der Waals surface area contributed by atoms with Crippen molar-refractivity contribution in [3.8, 4) is 0 Å². The molecule has 134 valence electrons. The Kier molecular flexibility index (Phi) is 3.98. The summed E-state index contributed by atoms with van der Waals surface area (Å²) < 4.78 is 29.5. The highest BCUT2D eigenvalue weighted by atomic mass is 16.8. The third-order valence-corrected chi connectivity index (χ3v) is 4.88. The minimum absolute atomic E-state index is 0.243. The monoisotopic (exact) mass is 354 g/mol. The van der Waals surface area contributed by atoms with E-state index in [1.165, 1.54) is 0 Å². The van der Waals surface area contributed by atoms with Crippen LogP contribution >= 0.6 is 0 Å². The largest absolute Gasteiger partial charge is 0.455 e. The average Bonchev–Trinajstić information content (AvgIpc) is 3.04. The molecule has 0 aromatic heterocycles. The maximum Gasteiger partial charge on any atom is 0.338 e. The summed E-state index contributed by atoms with van der Waals surface area (Å²) in [7, 11) is 0. The molecule has 0 saturated carbocycles. The van der Waals surface area contributed by atoms with Gasteiger partial charge in [0.25, 0.3) is 0 Å². The first kappa shape index (κ1) is 16.0. The van der Waals surface area contributed by atoms with E-state index >= 15 is 0 Å². The van der Waals surface area contributed by atoms with Crippen LogP contribution in [0.3, 0.4) is 0 Å². The summed E-state index contributed by atoms with van der Waals surface area (Å²) in [6.45, 7) is 0.243. The Bertz CT molecular complexity index is 779. The minimum Gasteiger partial charge on any atom is -0.455 e. The van der Waals surface area contributed by atoms with Crippen molar-refractivity contribution in [1.82, 2.24) is 0 Å². The number of benzene rings is 2. The topological polar surface area (TPSA) is 63.2 Å². The summed E-state index contributed by atoms with van der Waals surface area (Å²) in [5.74, 6) is -0.436. The van der Waals surface area contributed by atoms with Gasteiger partial charge in [-0.1, -0.05) is 60.7 Å². The van der Waals surface area contributed by atoms with Crippen LogP contribution < -0.4 is 0 Å². The number of rotatable bonds is 2. The molecule has 6 nitrogen and oxygen atoms in total. The molecule has 3 fully saturated rings. The van der Waals surface area contributed by atoms with E-state index in [0.29, 0.717) is 0 Å². The van der Waals surface area contributed by atoms with Crippen molar-refractivity contribution in [1.29, 1.82) is 0 Å². The third-order valence-electron chi connectivity index (χ3n) is 4.88. The van der Waals surface area contributed by atoms with Gasteiger partial charge in [0.1, 0.15) is 12.2 Å². The first-order chi connectivity index (χ1) is 12.8. The number of hydrogen-bond acceptors (Lipinski definition) is 6. The lowest BCUT2D eigenvalue weighted by molar-refractivity contribution is -0.324. The van der Waals surface area contributed by atoms with Crippen molar-refractivity contribution in [2.24, 2.45) is 0 Å². The summed E-state index contributed by atoms with van der Waals surface area (Å²) in [6, 6.07) is 19.1. The lowest BCUT2D eigenvalue weighted by atomic mass is 10.0. The van der Waals surface area contributed by atoms with E-state index in [2.05, 4.69) is 0 Å². The van der Waals surface area contributed by atoms with Gasteiger partial charge in [0, 0.05) is 11.1 Å². The SMILES string of the molecule is O=C1O[C@H]2[C@@H]3OC(c4ccccc4)O[C@H]2COC(c2ccccc2)O[C@H]13. The Morgan fingerprint density at radius 3 is 2.08 bits per heavy atom. The molecule has 26 heavy (non-hydrogen) atoms. The van der Waals surface area contributed by atoms with Gasteiger partial charge in [-0.25, -0.2) is 4.79 Å². The Labute approximate surface area is 150 Å². The lowest BCUT2D eigenvalue weighted by Gasteiger charge is -2.40. The summed E-state index contributed by atoms with van der Waals surface area (Å²) in [6.07, 6.45) is -3.56. The first-order valence-electron chi connectivity index (χ1n) is 8.68. The van der Waals surface area contributed by atoms with Gasteiger partial charge in [-0.05, 0) is 0 Å². The Morgan fingerprint density at radius 1 is 0.731 bits per heavy atom. The molecule has 0 amide bonds. The Balaban J connectivity index is 1.45. The number of ether oxygens (including phenoxy) is 5. The first-order valence-corrected chi connectivity index (χ1v) is 8.68. The van der Waals surface area contributed by atoms with Crippen LogP contribution in [0.4, 0.5) is 0 Å². The minimum atomic E-state index is -0.844. The smallest absolute Gasteiger partial charge is 0.338 e. The molecule has 2 aromatic carbocycles. The van der Waals surface area contributed by atoms with Gasteiger partial charge >= 0.3 is 5.97 Å². The zero-order valence-electron chi connectivity index (χ0n) is 13.9. The molecular weight excluding hydrogens is 336 g/mol. The van der Waals surface area contributed by atoms with Crippen LogP contribution in [0.25, 0.3) is 0 Å². The van der Waals surface area contributed by atoms with Crippen LogP contribution in [0.1, 0.15) is 23.7 Å². The van der Waals surface area contributed by atoms with Crippen LogP contribution in [0.5, 0.6) is 0 Å². The van der Waals surface area contributed by atoms with Gasteiger partial charge in [0.05, 0.1) is 6.61 Å². The molecule has 5 rings (SSSR count). The van der Waals surface area contributed by atoms with Crippen molar-refractivity contribution in [2.75, 3.05) is 6.61 Å². The molecule has 0 spiro atoms. The normalized spacial score (nSPS) is 36.1. The van der Waals surface area contributed by atoms with E-state index in [9.17, 15) is 4.79 Å². The highest BCUT2D eigenvalue weighted by Crippen LogP contribution is 2.41. The molecule has 6 heteroatoms. The molecule has 6 atom stereocenters.